The summed E-state index contributed by atoms with van der Waals surface area (Å²) in [6.07, 6.45) is 1.81. The highest BCUT2D eigenvalue weighted by molar-refractivity contribution is 7.99. The Bertz CT molecular complexity index is 742. The molecule has 0 radical (unpaired) electrons. The van der Waals surface area contributed by atoms with Crippen molar-refractivity contribution in [3.63, 3.8) is 0 Å². The van der Waals surface area contributed by atoms with Crippen molar-refractivity contribution in [2.75, 3.05) is 19.8 Å². The highest BCUT2D eigenvalue weighted by Crippen LogP contribution is 2.27. The number of hydrogen-bond donors (Lipinski definition) is 0. The Kier molecular flexibility index (Phi) is 6.06. The van der Waals surface area contributed by atoms with Crippen LogP contribution in [0.2, 0.25) is 0 Å². The fraction of sp³-hybridized carbons (Fsp3) is 0.421. The lowest BCUT2D eigenvalue weighted by Gasteiger charge is -2.19. The molecule has 5 nitrogen and oxygen atoms in total. The molecule has 0 saturated heterocycles. The van der Waals surface area contributed by atoms with Crippen molar-refractivity contribution in [1.29, 1.82) is 0 Å². The summed E-state index contributed by atoms with van der Waals surface area (Å²) >= 11 is 1.40. The van der Waals surface area contributed by atoms with Crippen LogP contribution in [0.3, 0.4) is 0 Å². The van der Waals surface area contributed by atoms with Gasteiger partial charge in [-0.05, 0) is 11.0 Å². The maximum absolute atomic E-state index is 11.8. The molecule has 2 rings (SSSR count). The highest BCUT2D eigenvalue weighted by Gasteiger charge is 2.17. The van der Waals surface area contributed by atoms with Crippen LogP contribution in [-0.4, -0.2) is 45.4 Å². The quantitative estimate of drug-likeness (QED) is 0.585. The van der Waals surface area contributed by atoms with E-state index in [0.29, 0.717) is 12.3 Å². The summed E-state index contributed by atoms with van der Waals surface area (Å²) in [6.45, 7) is 11.0. The number of benzene rings is 1. The molecule has 0 bridgehead atoms. The minimum Gasteiger partial charge on any atom is -0.348 e. The molecule has 0 aliphatic carbocycles. The van der Waals surface area contributed by atoms with Gasteiger partial charge in [0.2, 0.25) is 5.91 Å². The molecule has 0 aliphatic heterocycles. The number of hydrogen-bond acceptors (Lipinski definition) is 4. The molecule has 1 aromatic carbocycles. The van der Waals surface area contributed by atoms with Gasteiger partial charge in [-0.25, -0.2) is 0 Å². The first-order valence-corrected chi connectivity index (χ1v) is 9.20. The summed E-state index contributed by atoms with van der Waals surface area (Å²) in [4.78, 5) is 13.4. The lowest BCUT2D eigenvalue weighted by atomic mass is 9.87. The minimum absolute atomic E-state index is 0.0502. The molecule has 2 aromatic rings. The molecule has 1 aromatic heterocycles. The van der Waals surface area contributed by atoms with Gasteiger partial charge in [0.25, 0.3) is 0 Å². The summed E-state index contributed by atoms with van der Waals surface area (Å²) in [7, 11) is 3.50. The van der Waals surface area contributed by atoms with Crippen molar-refractivity contribution >= 4 is 17.7 Å². The fourth-order valence-electron chi connectivity index (χ4n) is 2.28. The van der Waals surface area contributed by atoms with E-state index in [-0.39, 0.29) is 11.3 Å². The number of nitrogens with zero attached hydrogens (tertiary/aromatic N) is 4. The topological polar surface area (TPSA) is 51.0 Å². The number of rotatable bonds is 6. The first-order chi connectivity index (χ1) is 11.7. The van der Waals surface area contributed by atoms with E-state index in [0.717, 1.165) is 16.5 Å². The third-order valence-electron chi connectivity index (χ3n) is 3.86. The molecule has 0 spiro atoms. The van der Waals surface area contributed by atoms with Gasteiger partial charge in [-0.2, -0.15) is 0 Å². The van der Waals surface area contributed by atoms with Gasteiger partial charge in [0.05, 0.1) is 5.75 Å². The minimum atomic E-state index is 0.0502. The molecule has 25 heavy (non-hydrogen) atoms. The molecule has 0 atom stereocenters. The maximum Gasteiger partial charge on any atom is 0.232 e. The largest absolute Gasteiger partial charge is 0.348 e. The fourth-order valence-corrected chi connectivity index (χ4v) is 3.20. The van der Waals surface area contributed by atoms with E-state index in [9.17, 15) is 4.79 Å². The lowest BCUT2D eigenvalue weighted by molar-refractivity contribution is -0.125. The molecule has 0 N–H and O–H groups in total. The maximum atomic E-state index is 11.8. The standard InChI is InChI=1S/C19H26N4OS/c1-7-12-23-17(14-8-10-15(11-9-14)19(2,3)4)20-21-18(23)25-13-16(24)22(5)6/h7-11H,1,12-13H2,2-6H3. The first-order valence-electron chi connectivity index (χ1n) is 8.22. The van der Waals surface area contributed by atoms with E-state index < -0.39 is 0 Å². The van der Waals surface area contributed by atoms with E-state index in [1.807, 2.05) is 10.6 Å². The summed E-state index contributed by atoms with van der Waals surface area (Å²) in [5.74, 6) is 1.18. The van der Waals surface area contributed by atoms with Gasteiger partial charge in [0.1, 0.15) is 0 Å². The SMILES string of the molecule is C=CCn1c(SCC(=O)N(C)C)nnc1-c1ccc(C(C)(C)C)cc1. The van der Waals surface area contributed by atoms with Crippen molar-refractivity contribution in [2.24, 2.45) is 0 Å². The zero-order chi connectivity index (χ0) is 18.6. The Morgan fingerprint density at radius 1 is 1.24 bits per heavy atom. The molecule has 0 fully saturated rings. The Labute approximate surface area is 154 Å². The van der Waals surface area contributed by atoms with Crippen molar-refractivity contribution < 1.29 is 4.79 Å². The van der Waals surface area contributed by atoms with Crippen LogP contribution >= 0.6 is 11.8 Å². The summed E-state index contributed by atoms with van der Waals surface area (Å²) in [5, 5.41) is 9.34. The van der Waals surface area contributed by atoms with E-state index in [1.165, 1.54) is 17.3 Å². The lowest BCUT2D eigenvalue weighted by Crippen LogP contribution is -2.23. The van der Waals surface area contributed by atoms with Crippen LogP contribution in [0.5, 0.6) is 0 Å². The van der Waals surface area contributed by atoms with Crippen molar-refractivity contribution in [3.8, 4) is 11.4 Å². The van der Waals surface area contributed by atoms with Gasteiger partial charge in [-0.1, -0.05) is 62.9 Å². The monoisotopic (exact) mass is 358 g/mol. The Morgan fingerprint density at radius 3 is 2.40 bits per heavy atom. The Hall–Kier alpha value is -2.08. The highest BCUT2D eigenvalue weighted by atomic mass is 32.2. The van der Waals surface area contributed by atoms with Gasteiger partial charge in [-0.15, -0.1) is 16.8 Å². The molecule has 0 unspecified atom stereocenters. The second-order valence-corrected chi connectivity index (χ2v) is 8.05. The van der Waals surface area contributed by atoms with Crippen molar-refractivity contribution in [3.05, 3.63) is 42.5 Å². The van der Waals surface area contributed by atoms with Crippen LogP contribution in [0.1, 0.15) is 26.3 Å². The predicted molar refractivity (Wildman–Crippen MR) is 104 cm³/mol. The molecule has 0 aliphatic rings. The van der Waals surface area contributed by atoms with Crippen molar-refractivity contribution in [2.45, 2.75) is 37.9 Å². The number of carbonyl (C=O) groups excluding carboxylic acids is 1. The summed E-state index contributed by atoms with van der Waals surface area (Å²) in [6, 6.07) is 8.41. The summed E-state index contributed by atoms with van der Waals surface area (Å²) < 4.78 is 1.99. The van der Waals surface area contributed by atoms with Gasteiger partial charge in [0.15, 0.2) is 11.0 Å². The molecular weight excluding hydrogens is 332 g/mol. The zero-order valence-electron chi connectivity index (χ0n) is 15.6. The van der Waals surface area contributed by atoms with Gasteiger partial charge in [0, 0.05) is 26.2 Å². The van der Waals surface area contributed by atoms with E-state index in [1.54, 1.807) is 19.0 Å². The van der Waals surface area contributed by atoms with Crippen LogP contribution in [0.25, 0.3) is 11.4 Å². The normalized spacial score (nSPS) is 11.4. The number of aromatic nitrogens is 3. The Balaban J connectivity index is 2.29. The average molecular weight is 359 g/mol. The van der Waals surface area contributed by atoms with Crippen LogP contribution in [0, 0.1) is 0 Å². The number of amides is 1. The first kappa shape index (κ1) is 19.2. The predicted octanol–water partition coefficient (Wildman–Crippen LogP) is 3.61. The number of allylic oxidation sites excluding steroid dienone is 1. The van der Waals surface area contributed by atoms with Gasteiger partial charge >= 0.3 is 0 Å². The molecule has 134 valence electrons. The Morgan fingerprint density at radius 2 is 1.88 bits per heavy atom. The zero-order valence-corrected chi connectivity index (χ0v) is 16.4. The smallest absolute Gasteiger partial charge is 0.232 e. The van der Waals surface area contributed by atoms with E-state index in [4.69, 9.17) is 0 Å². The molecule has 1 amide bonds. The summed E-state index contributed by atoms with van der Waals surface area (Å²) in [5.41, 5.74) is 2.39. The second-order valence-electron chi connectivity index (χ2n) is 7.11. The van der Waals surface area contributed by atoms with E-state index >= 15 is 0 Å². The third-order valence-corrected chi connectivity index (χ3v) is 4.81. The molecular formula is C19H26N4OS. The van der Waals surface area contributed by atoms with Crippen LogP contribution < -0.4 is 0 Å². The average Bonchev–Trinajstić information content (AvgIpc) is 2.95. The van der Waals surface area contributed by atoms with Crippen LogP contribution in [0.15, 0.2) is 42.1 Å². The van der Waals surface area contributed by atoms with Crippen molar-refractivity contribution in [1.82, 2.24) is 19.7 Å². The van der Waals surface area contributed by atoms with Crippen LogP contribution in [-0.2, 0) is 16.8 Å². The molecule has 1 heterocycles. The molecule has 0 saturated carbocycles. The van der Waals surface area contributed by atoms with Gasteiger partial charge < -0.3 is 4.90 Å². The third kappa shape index (κ3) is 4.72. The van der Waals surface area contributed by atoms with Gasteiger partial charge in [-0.3, -0.25) is 9.36 Å². The van der Waals surface area contributed by atoms with E-state index in [2.05, 4.69) is 61.8 Å². The number of thioether (sulfide) groups is 1. The second kappa shape index (κ2) is 7.87. The molecule has 6 heteroatoms. The van der Waals surface area contributed by atoms with Crippen LogP contribution in [0.4, 0.5) is 0 Å². The number of carbonyl (C=O) groups is 1.